The molecule has 1 rings (SSSR count). The molecule has 0 aliphatic rings. The zero-order valence-corrected chi connectivity index (χ0v) is 11.3. The zero-order chi connectivity index (χ0) is 13.2. The standard InChI is InChI=1S/C11H22N6O/c1-17(2)7-4-5-12-10-9-14-16-11(15-10)13-6-8-18-3/h9H,4-8H2,1-3H3,(H2,12,13,15,16). The molecule has 1 aromatic heterocycles. The average Bonchev–Trinajstić information content (AvgIpc) is 2.35. The van der Waals surface area contributed by atoms with Gasteiger partial charge in [0.2, 0.25) is 5.95 Å². The Balaban J connectivity index is 2.30. The molecule has 18 heavy (non-hydrogen) atoms. The van der Waals surface area contributed by atoms with E-state index in [0.29, 0.717) is 19.1 Å². The Morgan fingerprint density at radius 2 is 2.11 bits per heavy atom. The molecule has 1 heterocycles. The maximum atomic E-state index is 4.94. The Bertz CT molecular complexity index is 333. The van der Waals surface area contributed by atoms with E-state index in [4.69, 9.17) is 4.74 Å². The molecular weight excluding hydrogens is 232 g/mol. The van der Waals surface area contributed by atoms with Crippen molar-refractivity contribution in [3.05, 3.63) is 6.20 Å². The fourth-order valence-electron chi connectivity index (χ4n) is 1.34. The largest absolute Gasteiger partial charge is 0.383 e. The van der Waals surface area contributed by atoms with E-state index in [1.165, 1.54) is 0 Å². The summed E-state index contributed by atoms with van der Waals surface area (Å²) in [5.41, 5.74) is 0. The molecule has 0 aliphatic heterocycles. The Hall–Kier alpha value is -1.47. The molecule has 0 amide bonds. The van der Waals surface area contributed by atoms with Gasteiger partial charge in [0, 0.05) is 20.2 Å². The zero-order valence-electron chi connectivity index (χ0n) is 11.3. The summed E-state index contributed by atoms with van der Waals surface area (Å²) in [6, 6.07) is 0. The van der Waals surface area contributed by atoms with Gasteiger partial charge in [0.15, 0.2) is 5.82 Å². The summed E-state index contributed by atoms with van der Waals surface area (Å²) in [7, 11) is 5.78. The normalized spacial score (nSPS) is 10.7. The smallest absolute Gasteiger partial charge is 0.244 e. The molecule has 0 aliphatic carbocycles. The van der Waals surface area contributed by atoms with Gasteiger partial charge < -0.3 is 20.3 Å². The molecule has 7 heteroatoms. The third-order valence-corrected chi connectivity index (χ3v) is 2.24. The van der Waals surface area contributed by atoms with Crippen LogP contribution >= 0.6 is 0 Å². The summed E-state index contributed by atoms with van der Waals surface area (Å²) in [6.07, 6.45) is 2.68. The quantitative estimate of drug-likeness (QED) is 0.614. The Morgan fingerprint density at radius 1 is 1.28 bits per heavy atom. The minimum atomic E-state index is 0.518. The molecule has 2 N–H and O–H groups in total. The lowest BCUT2D eigenvalue weighted by Crippen LogP contribution is -2.17. The summed E-state index contributed by atoms with van der Waals surface area (Å²) in [6.45, 7) is 3.20. The Morgan fingerprint density at radius 3 is 2.83 bits per heavy atom. The lowest BCUT2D eigenvalue weighted by atomic mass is 10.4. The predicted molar refractivity (Wildman–Crippen MR) is 71.9 cm³/mol. The molecule has 0 saturated heterocycles. The van der Waals surface area contributed by atoms with Crippen LogP contribution in [0.15, 0.2) is 6.20 Å². The fourth-order valence-corrected chi connectivity index (χ4v) is 1.34. The van der Waals surface area contributed by atoms with Gasteiger partial charge in [-0.05, 0) is 27.1 Å². The van der Waals surface area contributed by atoms with E-state index in [0.717, 1.165) is 25.3 Å². The van der Waals surface area contributed by atoms with Crippen LogP contribution in [0.1, 0.15) is 6.42 Å². The van der Waals surface area contributed by atoms with Crippen molar-refractivity contribution < 1.29 is 4.74 Å². The monoisotopic (exact) mass is 254 g/mol. The van der Waals surface area contributed by atoms with Crippen molar-refractivity contribution in [2.24, 2.45) is 0 Å². The highest BCUT2D eigenvalue weighted by Gasteiger charge is 1.99. The Kier molecular flexibility index (Phi) is 6.97. The number of hydrogen-bond donors (Lipinski definition) is 2. The van der Waals surface area contributed by atoms with Crippen LogP contribution < -0.4 is 10.6 Å². The molecule has 7 nitrogen and oxygen atoms in total. The first-order chi connectivity index (χ1) is 8.72. The van der Waals surface area contributed by atoms with Crippen molar-refractivity contribution in [2.45, 2.75) is 6.42 Å². The van der Waals surface area contributed by atoms with Gasteiger partial charge >= 0.3 is 0 Å². The molecule has 0 fully saturated rings. The van der Waals surface area contributed by atoms with E-state index in [9.17, 15) is 0 Å². The first kappa shape index (κ1) is 14.6. The van der Waals surface area contributed by atoms with E-state index in [1.54, 1.807) is 13.3 Å². The van der Waals surface area contributed by atoms with Crippen LogP contribution in [-0.4, -0.2) is 67.5 Å². The highest BCUT2D eigenvalue weighted by molar-refractivity contribution is 5.36. The summed E-state index contributed by atoms with van der Waals surface area (Å²) < 4.78 is 4.94. The number of methoxy groups -OCH3 is 1. The van der Waals surface area contributed by atoms with Crippen molar-refractivity contribution in [2.75, 3.05) is 58.1 Å². The molecule has 0 unspecified atom stereocenters. The summed E-state index contributed by atoms with van der Waals surface area (Å²) in [4.78, 5) is 6.45. The fraction of sp³-hybridized carbons (Fsp3) is 0.727. The van der Waals surface area contributed by atoms with Crippen molar-refractivity contribution in [3.63, 3.8) is 0 Å². The van der Waals surface area contributed by atoms with Crippen LogP contribution in [0.3, 0.4) is 0 Å². The van der Waals surface area contributed by atoms with E-state index < -0.39 is 0 Å². The van der Waals surface area contributed by atoms with Crippen LogP contribution in [0.5, 0.6) is 0 Å². The molecule has 102 valence electrons. The van der Waals surface area contributed by atoms with Gasteiger partial charge in [-0.25, -0.2) is 0 Å². The average molecular weight is 254 g/mol. The van der Waals surface area contributed by atoms with Gasteiger partial charge in [-0.15, -0.1) is 5.10 Å². The maximum absolute atomic E-state index is 4.94. The Labute approximate surface area is 108 Å². The van der Waals surface area contributed by atoms with E-state index in [-0.39, 0.29) is 0 Å². The van der Waals surface area contributed by atoms with Gasteiger partial charge in [0.1, 0.15) is 0 Å². The molecule has 0 radical (unpaired) electrons. The first-order valence-corrected chi connectivity index (χ1v) is 6.03. The summed E-state index contributed by atoms with van der Waals surface area (Å²) in [5, 5.41) is 14.0. The van der Waals surface area contributed by atoms with Crippen LogP contribution in [-0.2, 0) is 4.74 Å². The van der Waals surface area contributed by atoms with Gasteiger partial charge in [-0.1, -0.05) is 0 Å². The molecular formula is C11H22N6O. The van der Waals surface area contributed by atoms with Crippen molar-refractivity contribution in [1.29, 1.82) is 0 Å². The lowest BCUT2D eigenvalue weighted by Gasteiger charge is -2.10. The number of anilines is 2. The number of nitrogens with zero attached hydrogens (tertiary/aromatic N) is 4. The first-order valence-electron chi connectivity index (χ1n) is 6.03. The summed E-state index contributed by atoms with van der Waals surface area (Å²) >= 11 is 0. The van der Waals surface area contributed by atoms with Crippen LogP contribution in [0.25, 0.3) is 0 Å². The predicted octanol–water partition coefficient (Wildman–Crippen LogP) is 0.293. The lowest BCUT2D eigenvalue weighted by molar-refractivity contribution is 0.210. The minimum absolute atomic E-state index is 0.518. The number of aromatic nitrogens is 3. The third-order valence-electron chi connectivity index (χ3n) is 2.24. The van der Waals surface area contributed by atoms with E-state index >= 15 is 0 Å². The molecule has 0 saturated carbocycles. The molecule has 0 bridgehead atoms. The molecule has 0 atom stereocenters. The number of rotatable bonds is 9. The number of nitrogens with one attached hydrogen (secondary N) is 2. The van der Waals surface area contributed by atoms with Crippen LogP contribution in [0.4, 0.5) is 11.8 Å². The van der Waals surface area contributed by atoms with Crippen molar-refractivity contribution in [3.8, 4) is 0 Å². The van der Waals surface area contributed by atoms with Crippen LogP contribution in [0.2, 0.25) is 0 Å². The van der Waals surface area contributed by atoms with Crippen molar-refractivity contribution >= 4 is 11.8 Å². The second kappa shape index (κ2) is 8.60. The topological polar surface area (TPSA) is 75.2 Å². The van der Waals surface area contributed by atoms with Crippen LogP contribution in [0, 0.1) is 0 Å². The van der Waals surface area contributed by atoms with Gasteiger partial charge in [0.05, 0.1) is 12.8 Å². The molecule has 0 aromatic carbocycles. The van der Waals surface area contributed by atoms with Crippen molar-refractivity contribution in [1.82, 2.24) is 20.1 Å². The second-order valence-electron chi connectivity index (χ2n) is 4.17. The second-order valence-corrected chi connectivity index (χ2v) is 4.17. The number of hydrogen-bond acceptors (Lipinski definition) is 7. The van der Waals surface area contributed by atoms with Gasteiger partial charge in [-0.3, -0.25) is 0 Å². The summed E-state index contributed by atoms with van der Waals surface area (Å²) in [5.74, 6) is 1.26. The van der Waals surface area contributed by atoms with E-state index in [1.807, 2.05) is 0 Å². The van der Waals surface area contributed by atoms with Gasteiger partial charge in [0.25, 0.3) is 0 Å². The SMILES string of the molecule is COCCNc1nncc(NCCCN(C)C)n1. The molecule has 0 spiro atoms. The number of ether oxygens (including phenoxy) is 1. The van der Waals surface area contributed by atoms with E-state index in [2.05, 4.69) is 44.8 Å². The highest BCUT2D eigenvalue weighted by atomic mass is 16.5. The highest BCUT2D eigenvalue weighted by Crippen LogP contribution is 2.03. The maximum Gasteiger partial charge on any atom is 0.244 e. The third kappa shape index (κ3) is 6.31. The minimum Gasteiger partial charge on any atom is -0.383 e. The van der Waals surface area contributed by atoms with Gasteiger partial charge in [-0.2, -0.15) is 10.1 Å². The molecule has 1 aromatic rings.